The maximum Gasteiger partial charge on any atom is 0.333 e. The number of aliphatic carboxylic acids is 1. The molecule has 0 aliphatic carbocycles. The predicted molar refractivity (Wildman–Crippen MR) is 68.4 cm³/mol. The molecule has 0 bridgehead atoms. The number of carboxylic acid groups (broad SMARTS) is 1. The van der Waals surface area contributed by atoms with E-state index in [1.54, 1.807) is 18.4 Å². The number of methoxy groups -OCH3 is 1. The van der Waals surface area contributed by atoms with Crippen LogP contribution in [0.2, 0.25) is 0 Å². The zero-order chi connectivity index (χ0) is 13.7. The molecule has 0 aliphatic heterocycles. The Kier molecular flexibility index (Phi) is 4.91. The van der Waals surface area contributed by atoms with Gasteiger partial charge in [0, 0.05) is 10.6 Å². The molecular weight excluding hydrogens is 254 g/mol. The fourth-order valence-corrected chi connectivity index (χ4v) is 2.47. The first-order valence-electron chi connectivity index (χ1n) is 5.23. The van der Waals surface area contributed by atoms with Crippen LogP contribution in [0, 0.1) is 0 Å². The average molecular weight is 269 g/mol. The van der Waals surface area contributed by atoms with Gasteiger partial charge in [0.25, 0.3) is 0 Å². The summed E-state index contributed by atoms with van der Waals surface area (Å²) in [7, 11) is 1.29. The van der Waals surface area contributed by atoms with E-state index in [1.165, 1.54) is 18.4 Å². The molecule has 18 heavy (non-hydrogen) atoms. The highest BCUT2D eigenvalue weighted by Crippen LogP contribution is 2.26. The summed E-state index contributed by atoms with van der Waals surface area (Å²) >= 11 is 1.32. The molecule has 0 amide bonds. The molecule has 2 N–H and O–H groups in total. The van der Waals surface area contributed by atoms with Crippen molar-refractivity contribution in [2.24, 2.45) is 0 Å². The number of hydrogen-bond acceptors (Lipinski definition) is 5. The third-order valence-electron chi connectivity index (χ3n) is 2.21. The van der Waals surface area contributed by atoms with Crippen molar-refractivity contribution in [2.75, 3.05) is 7.11 Å². The van der Waals surface area contributed by atoms with Crippen molar-refractivity contribution in [1.29, 1.82) is 0 Å². The summed E-state index contributed by atoms with van der Waals surface area (Å²) in [5.41, 5.74) is 1.22. The van der Waals surface area contributed by atoms with Gasteiger partial charge in [-0.25, -0.2) is 4.79 Å². The quantitative estimate of drug-likeness (QED) is 0.769. The fraction of sp³-hybridized carbons (Fsp3) is 0.333. The number of ether oxygens (including phenoxy) is 1. The highest BCUT2D eigenvalue weighted by molar-refractivity contribution is 7.10. The van der Waals surface area contributed by atoms with E-state index in [-0.39, 0.29) is 6.42 Å². The minimum atomic E-state index is -0.936. The van der Waals surface area contributed by atoms with Crippen molar-refractivity contribution in [3.8, 4) is 0 Å². The van der Waals surface area contributed by atoms with Gasteiger partial charge < -0.3 is 15.2 Å². The second-order valence-electron chi connectivity index (χ2n) is 3.76. The van der Waals surface area contributed by atoms with Gasteiger partial charge in [0.1, 0.15) is 0 Å². The van der Waals surface area contributed by atoms with E-state index in [0.29, 0.717) is 16.1 Å². The first kappa shape index (κ1) is 14.2. The molecule has 6 heteroatoms. The molecule has 0 saturated carbocycles. The van der Waals surface area contributed by atoms with Gasteiger partial charge in [0.15, 0.2) is 6.04 Å². The van der Waals surface area contributed by atoms with Gasteiger partial charge in [-0.3, -0.25) is 4.79 Å². The van der Waals surface area contributed by atoms with E-state index in [4.69, 9.17) is 9.84 Å². The SMILES string of the molecule is C=C(C)NC(C(=O)OC)c1sccc1CC(=O)O. The number of allylic oxidation sites excluding steroid dienone is 1. The monoisotopic (exact) mass is 269 g/mol. The second kappa shape index (κ2) is 6.20. The maximum atomic E-state index is 11.7. The normalized spacial score (nSPS) is 11.7. The van der Waals surface area contributed by atoms with E-state index < -0.39 is 18.0 Å². The Morgan fingerprint density at radius 1 is 1.61 bits per heavy atom. The first-order chi connectivity index (χ1) is 8.45. The van der Waals surface area contributed by atoms with Crippen LogP contribution >= 0.6 is 11.3 Å². The summed E-state index contributed by atoms with van der Waals surface area (Å²) in [4.78, 5) is 23.1. The number of carbonyl (C=O) groups is 2. The van der Waals surface area contributed by atoms with E-state index in [0.717, 1.165) is 0 Å². The third-order valence-corrected chi connectivity index (χ3v) is 3.24. The van der Waals surface area contributed by atoms with Crippen LogP contribution in [0.5, 0.6) is 0 Å². The van der Waals surface area contributed by atoms with Gasteiger partial charge in [-0.15, -0.1) is 11.3 Å². The van der Waals surface area contributed by atoms with E-state index >= 15 is 0 Å². The maximum absolute atomic E-state index is 11.7. The van der Waals surface area contributed by atoms with Gasteiger partial charge in [-0.2, -0.15) is 0 Å². The van der Waals surface area contributed by atoms with Crippen LogP contribution in [0.1, 0.15) is 23.4 Å². The number of rotatable bonds is 6. The second-order valence-corrected chi connectivity index (χ2v) is 4.71. The summed E-state index contributed by atoms with van der Waals surface area (Å²) in [6.07, 6.45) is -0.121. The zero-order valence-corrected chi connectivity index (χ0v) is 11.0. The highest BCUT2D eigenvalue weighted by Gasteiger charge is 2.25. The van der Waals surface area contributed by atoms with Gasteiger partial charge in [0.05, 0.1) is 13.5 Å². The van der Waals surface area contributed by atoms with E-state index in [9.17, 15) is 9.59 Å². The molecule has 1 heterocycles. The predicted octanol–water partition coefficient (Wildman–Crippen LogP) is 1.71. The lowest BCUT2D eigenvalue weighted by atomic mass is 10.1. The summed E-state index contributed by atoms with van der Waals surface area (Å²) in [5.74, 6) is -1.40. The van der Waals surface area contributed by atoms with Crippen molar-refractivity contribution in [1.82, 2.24) is 5.32 Å². The third kappa shape index (κ3) is 3.59. The molecular formula is C12H15NO4S. The summed E-state index contributed by atoms with van der Waals surface area (Å²) in [6, 6.07) is 0.992. The molecule has 98 valence electrons. The molecule has 1 rings (SSSR count). The molecule has 0 saturated heterocycles. The van der Waals surface area contributed by atoms with Crippen molar-refractivity contribution < 1.29 is 19.4 Å². The number of esters is 1. The van der Waals surface area contributed by atoms with Crippen LogP contribution in [-0.2, 0) is 20.7 Å². The van der Waals surface area contributed by atoms with Crippen LogP contribution < -0.4 is 5.32 Å². The number of carbonyl (C=O) groups excluding carboxylic acids is 1. The molecule has 0 aliphatic rings. The summed E-state index contributed by atoms with van der Waals surface area (Å²) < 4.78 is 4.71. The Bertz CT molecular complexity index is 466. The summed E-state index contributed by atoms with van der Waals surface area (Å²) in [5, 5.41) is 13.5. The van der Waals surface area contributed by atoms with E-state index in [2.05, 4.69) is 11.9 Å². The molecule has 5 nitrogen and oxygen atoms in total. The lowest BCUT2D eigenvalue weighted by Gasteiger charge is -2.17. The highest BCUT2D eigenvalue weighted by atomic mass is 32.1. The Hall–Kier alpha value is -1.82. The minimum Gasteiger partial charge on any atom is -0.481 e. The number of carboxylic acids is 1. The fourth-order valence-electron chi connectivity index (χ4n) is 1.51. The van der Waals surface area contributed by atoms with Crippen LogP contribution in [0.15, 0.2) is 23.7 Å². The number of nitrogens with one attached hydrogen (secondary N) is 1. The molecule has 0 spiro atoms. The Labute approximate surface area is 109 Å². The molecule has 1 unspecified atom stereocenters. The van der Waals surface area contributed by atoms with Crippen LogP contribution in [-0.4, -0.2) is 24.2 Å². The molecule has 0 fully saturated rings. The lowest BCUT2D eigenvalue weighted by Crippen LogP contribution is -2.28. The van der Waals surface area contributed by atoms with Crippen molar-refractivity contribution >= 4 is 23.3 Å². The van der Waals surface area contributed by atoms with Gasteiger partial charge >= 0.3 is 11.9 Å². The zero-order valence-electron chi connectivity index (χ0n) is 10.2. The summed E-state index contributed by atoms with van der Waals surface area (Å²) in [6.45, 7) is 5.40. The van der Waals surface area contributed by atoms with Crippen molar-refractivity contribution in [3.63, 3.8) is 0 Å². The number of thiophene rings is 1. The molecule has 1 aromatic heterocycles. The Morgan fingerprint density at radius 2 is 2.28 bits per heavy atom. The largest absolute Gasteiger partial charge is 0.481 e. The minimum absolute atomic E-state index is 0.121. The Balaban J connectivity index is 3.04. The molecule has 1 atom stereocenters. The van der Waals surface area contributed by atoms with Gasteiger partial charge in [-0.1, -0.05) is 6.58 Å². The average Bonchev–Trinajstić information content (AvgIpc) is 2.71. The van der Waals surface area contributed by atoms with Crippen LogP contribution in [0.4, 0.5) is 0 Å². The topological polar surface area (TPSA) is 75.6 Å². The standard InChI is InChI=1S/C12H15NO4S/c1-7(2)13-10(12(16)17-3)11-8(4-5-18-11)6-9(14)15/h4-5,10,13H,1,6H2,2-3H3,(H,14,15). The van der Waals surface area contributed by atoms with Gasteiger partial charge in [-0.05, 0) is 23.9 Å². The lowest BCUT2D eigenvalue weighted by molar-refractivity contribution is -0.143. The van der Waals surface area contributed by atoms with Crippen LogP contribution in [0.25, 0.3) is 0 Å². The van der Waals surface area contributed by atoms with Gasteiger partial charge in [0.2, 0.25) is 0 Å². The van der Waals surface area contributed by atoms with Crippen molar-refractivity contribution in [3.05, 3.63) is 34.2 Å². The van der Waals surface area contributed by atoms with E-state index in [1.807, 2.05) is 0 Å². The molecule has 0 radical (unpaired) electrons. The molecule has 1 aromatic rings. The molecule has 0 aromatic carbocycles. The smallest absolute Gasteiger partial charge is 0.333 e. The first-order valence-corrected chi connectivity index (χ1v) is 6.11. The van der Waals surface area contributed by atoms with Crippen LogP contribution in [0.3, 0.4) is 0 Å². The number of hydrogen-bond donors (Lipinski definition) is 2. The van der Waals surface area contributed by atoms with Crippen molar-refractivity contribution in [2.45, 2.75) is 19.4 Å². The Morgan fingerprint density at radius 3 is 2.78 bits per heavy atom.